The van der Waals surface area contributed by atoms with Crippen molar-refractivity contribution in [2.45, 2.75) is 19.3 Å². The Labute approximate surface area is 162 Å². The predicted octanol–water partition coefficient (Wildman–Crippen LogP) is 1.56. The van der Waals surface area contributed by atoms with Crippen molar-refractivity contribution in [3.05, 3.63) is 42.2 Å². The van der Waals surface area contributed by atoms with Crippen LogP contribution in [0.4, 0.5) is 10.1 Å². The normalized spacial score (nSPS) is 20.9. The van der Waals surface area contributed by atoms with Crippen molar-refractivity contribution in [1.29, 1.82) is 0 Å². The number of nitrogens with one attached hydrogen (secondary N) is 1. The second-order valence-corrected chi connectivity index (χ2v) is 7.04. The zero-order chi connectivity index (χ0) is 20.3. The van der Waals surface area contributed by atoms with Gasteiger partial charge in [0.15, 0.2) is 0 Å². The van der Waals surface area contributed by atoms with Gasteiger partial charge in [0.05, 0.1) is 18.4 Å². The van der Waals surface area contributed by atoms with E-state index >= 15 is 0 Å². The fraction of sp³-hybridized carbons (Fsp3) is 0.400. The Morgan fingerprint density at radius 3 is 2.43 bits per heavy atom. The molecular weight excluding hydrogens is 365 g/mol. The third kappa shape index (κ3) is 4.27. The molecule has 1 aliphatic carbocycles. The summed E-state index contributed by atoms with van der Waals surface area (Å²) in [6.07, 6.45) is 4.88. The number of allylic oxidation sites excluding steroid dienone is 2. The Balaban J connectivity index is 1.48. The lowest BCUT2D eigenvalue weighted by atomic mass is 9.85. The van der Waals surface area contributed by atoms with Crippen LogP contribution in [0.5, 0.6) is 0 Å². The van der Waals surface area contributed by atoms with E-state index in [9.17, 15) is 23.6 Å². The lowest BCUT2D eigenvalue weighted by Gasteiger charge is -2.19. The topological polar surface area (TPSA) is 86.8 Å². The Bertz CT molecular complexity index is 812. The number of anilines is 1. The second-order valence-electron chi connectivity index (χ2n) is 7.04. The highest BCUT2D eigenvalue weighted by atomic mass is 19.1. The summed E-state index contributed by atoms with van der Waals surface area (Å²) in [5.41, 5.74) is 0.301. The van der Waals surface area contributed by atoms with E-state index in [0.29, 0.717) is 18.5 Å². The lowest BCUT2D eigenvalue weighted by Crippen LogP contribution is -2.38. The van der Waals surface area contributed by atoms with Crippen LogP contribution in [0.1, 0.15) is 19.3 Å². The second kappa shape index (κ2) is 8.33. The summed E-state index contributed by atoms with van der Waals surface area (Å²) in [6.45, 7) is -0.203. The first kappa shape index (κ1) is 19.7. The van der Waals surface area contributed by atoms with Gasteiger partial charge in [-0.25, -0.2) is 4.39 Å². The van der Waals surface area contributed by atoms with Crippen molar-refractivity contribution < 1.29 is 23.6 Å². The molecule has 1 aromatic carbocycles. The quantitative estimate of drug-likeness (QED) is 0.593. The molecule has 2 atom stereocenters. The van der Waals surface area contributed by atoms with E-state index in [1.54, 1.807) is 6.07 Å². The smallest absolute Gasteiger partial charge is 0.243 e. The molecule has 1 N–H and O–H groups in total. The van der Waals surface area contributed by atoms with E-state index in [1.165, 1.54) is 35.0 Å². The fourth-order valence-corrected chi connectivity index (χ4v) is 3.56. The summed E-state index contributed by atoms with van der Waals surface area (Å²) >= 11 is 0. The molecule has 1 fully saturated rings. The zero-order valence-electron chi connectivity index (χ0n) is 15.6. The molecule has 2 aliphatic rings. The SMILES string of the molecule is CN(CC(=O)Nc1cccc(F)c1)C(=O)CCN1C(=O)[C@H]2CC=CC[C@H]2C1=O. The lowest BCUT2D eigenvalue weighted by molar-refractivity contribution is -0.141. The van der Waals surface area contributed by atoms with Crippen molar-refractivity contribution in [3.8, 4) is 0 Å². The van der Waals surface area contributed by atoms with Crippen LogP contribution in [0.2, 0.25) is 0 Å². The molecule has 28 heavy (non-hydrogen) atoms. The van der Waals surface area contributed by atoms with Crippen molar-refractivity contribution in [1.82, 2.24) is 9.80 Å². The fourth-order valence-electron chi connectivity index (χ4n) is 3.56. The van der Waals surface area contributed by atoms with Gasteiger partial charge in [0.1, 0.15) is 5.82 Å². The van der Waals surface area contributed by atoms with Gasteiger partial charge in [0.2, 0.25) is 23.6 Å². The predicted molar refractivity (Wildman–Crippen MR) is 99.4 cm³/mol. The van der Waals surface area contributed by atoms with Crippen LogP contribution in [0.25, 0.3) is 0 Å². The van der Waals surface area contributed by atoms with Gasteiger partial charge < -0.3 is 10.2 Å². The van der Waals surface area contributed by atoms with Crippen molar-refractivity contribution in [2.24, 2.45) is 11.8 Å². The number of halogens is 1. The maximum Gasteiger partial charge on any atom is 0.243 e. The van der Waals surface area contributed by atoms with Crippen LogP contribution in [0.3, 0.4) is 0 Å². The van der Waals surface area contributed by atoms with Crippen molar-refractivity contribution in [2.75, 3.05) is 25.5 Å². The molecular formula is C20H22FN3O4. The third-order valence-electron chi connectivity index (χ3n) is 5.06. The molecule has 3 rings (SSSR count). The minimum Gasteiger partial charge on any atom is -0.336 e. The Hall–Kier alpha value is -3.03. The van der Waals surface area contributed by atoms with Gasteiger partial charge in [-0.2, -0.15) is 0 Å². The van der Waals surface area contributed by atoms with Crippen LogP contribution < -0.4 is 5.32 Å². The van der Waals surface area contributed by atoms with E-state index < -0.39 is 11.7 Å². The summed E-state index contributed by atoms with van der Waals surface area (Å²) in [6, 6.07) is 5.45. The zero-order valence-corrected chi connectivity index (χ0v) is 15.6. The number of rotatable bonds is 6. The third-order valence-corrected chi connectivity index (χ3v) is 5.06. The molecule has 148 valence electrons. The molecule has 1 saturated heterocycles. The number of likely N-dealkylation sites (N-methyl/N-ethyl adjacent to an activating group) is 1. The highest BCUT2D eigenvalue weighted by Crippen LogP contribution is 2.35. The van der Waals surface area contributed by atoms with Gasteiger partial charge in [0, 0.05) is 25.7 Å². The van der Waals surface area contributed by atoms with E-state index in [0.717, 1.165) is 0 Å². The van der Waals surface area contributed by atoms with Crippen LogP contribution in [0.15, 0.2) is 36.4 Å². The highest BCUT2D eigenvalue weighted by molar-refractivity contribution is 6.05. The van der Waals surface area contributed by atoms with Crippen LogP contribution in [-0.2, 0) is 19.2 Å². The number of carbonyl (C=O) groups excluding carboxylic acids is 4. The van der Waals surface area contributed by atoms with Crippen LogP contribution >= 0.6 is 0 Å². The van der Waals surface area contributed by atoms with E-state index in [1.807, 2.05) is 12.2 Å². The standard InChI is InChI=1S/C20H22FN3O4/c1-23(12-17(25)22-14-6-4-5-13(21)11-14)18(26)9-10-24-19(27)15-7-2-3-8-16(15)20(24)28/h2-6,11,15-16H,7-10,12H2,1H3,(H,22,25)/t15-,16+. The average molecular weight is 387 g/mol. The van der Waals surface area contributed by atoms with Gasteiger partial charge in [-0.1, -0.05) is 18.2 Å². The summed E-state index contributed by atoms with van der Waals surface area (Å²) < 4.78 is 13.2. The van der Waals surface area contributed by atoms with Gasteiger partial charge in [-0.15, -0.1) is 0 Å². The first-order chi connectivity index (χ1) is 13.4. The number of nitrogens with zero attached hydrogens (tertiary/aromatic N) is 2. The monoisotopic (exact) mass is 387 g/mol. The van der Waals surface area contributed by atoms with Crippen LogP contribution in [0, 0.1) is 17.7 Å². The molecule has 4 amide bonds. The van der Waals surface area contributed by atoms with E-state index in [4.69, 9.17) is 0 Å². The molecule has 7 nitrogen and oxygen atoms in total. The maximum absolute atomic E-state index is 13.2. The molecule has 1 aromatic rings. The van der Waals surface area contributed by atoms with Gasteiger partial charge in [0.25, 0.3) is 0 Å². The number of imide groups is 1. The van der Waals surface area contributed by atoms with Gasteiger partial charge in [-0.05, 0) is 31.0 Å². The molecule has 0 radical (unpaired) electrons. The summed E-state index contributed by atoms with van der Waals surface area (Å²) in [5, 5.41) is 2.52. The number of hydrogen-bond donors (Lipinski definition) is 1. The minimum atomic E-state index is -0.474. The van der Waals surface area contributed by atoms with Crippen LogP contribution in [-0.4, -0.2) is 53.6 Å². The number of carbonyl (C=O) groups is 4. The number of fused-ring (bicyclic) bond motifs is 1. The summed E-state index contributed by atoms with van der Waals surface area (Å²) in [5.74, 6) is -2.38. The Morgan fingerprint density at radius 1 is 1.18 bits per heavy atom. The molecule has 0 aromatic heterocycles. The largest absolute Gasteiger partial charge is 0.336 e. The number of benzene rings is 1. The first-order valence-electron chi connectivity index (χ1n) is 9.16. The maximum atomic E-state index is 13.2. The molecule has 0 spiro atoms. The summed E-state index contributed by atoms with van der Waals surface area (Å²) in [4.78, 5) is 51.5. The number of likely N-dealkylation sites (tertiary alicyclic amines) is 1. The summed E-state index contributed by atoms with van der Waals surface area (Å²) in [7, 11) is 1.46. The Kier molecular flexibility index (Phi) is 5.87. The molecule has 0 unspecified atom stereocenters. The van der Waals surface area contributed by atoms with E-state index in [-0.39, 0.29) is 49.1 Å². The highest BCUT2D eigenvalue weighted by Gasteiger charge is 2.46. The van der Waals surface area contributed by atoms with Crippen molar-refractivity contribution in [3.63, 3.8) is 0 Å². The first-order valence-corrected chi connectivity index (χ1v) is 9.16. The number of hydrogen-bond acceptors (Lipinski definition) is 4. The van der Waals surface area contributed by atoms with Gasteiger partial charge in [-0.3, -0.25) is 24.1 Å². The molecule has 0 saturated carbocycles. The van der Waals surface area contributed by atoms with Crippen molar-refractivity contribution >= 4 is 29.3 Å². The molecule has 8 heteroatoms. The molecule has 1 aliphatic heterocycles. The molecule has 1 heterocycles. The molecule has 0 bridgehead atoms. The van der Waals surface area contributed by atoms with Gasteiger partial charge >= 0.3 is 0 Å². The number of amides is 4. The average Bonchev–Trinajstić information content (AvgIpc) is 2.90. The van der Waals surface area contributed by atoms with E-state index in [2.05, 4.69) is 5.32 Å². The Morgan fingerprint density at radius 2 is 1.82 bits per heavy atom. The minimum absolute atomic E-state index is 0.0132.